The zero-order valence-electron chi connectivity index (χ0n) is 18.6. The molecule has 2 aromatic carbocycles. The number of cyclic esters (lactones) is 1. The summed E-state index contributed by atoms with van der Waals surface area (Å²) in [5, 5.41) is 0.954. The highest BCUT2D eigenvalue weighted by molar-refractivity contribution is 7.15. The van der Waals surface area contributed by atoms with Crippen molar-refractivity contribution in [2.75, 3.05) is 19.6 Å². The Morgan fingerprint density at radius 2 is 1.73 bits per heavy atom. The summed E-state index contributed by atoms with van der Waals surface area (Å²) in [4.78, 5) is 35.0. The number of rotatable bonds is 5. The molecule has 1 aromatic heterocycles. The van der Waals surface area contributed by atoms with Gasteiger partial charge in [-0.3, -0.25) is 4.79 Å². The molecular weight excluding hydrogens is 434 g/mol. The van der Waals surface area contributed by atoms with Gasteiger partial charge >= 0.3 is 6.09 Å². The van der Waals surface area contributed by atoms with Crippen LogP contribution in [0.5, 0.6) is 0 Å². The van der Waals surface area contributed by atoms with Crippen molar-refractivity contribution >= 4 is 23.3 Å². The van der Waals surface area contributed by atoms with Gasteiger partial charge in [-0.2, -0.15) is 0 Å². The number of aryl methyl sites for hydroxylation is 1. The zero-order chi connectivity index (χ0) is 22.8. The number of carbonyl (C=O) groups excluding carboxylic acids is 2. The van der Waals surface area contributed by atoms with E-state index in [0.29, 0.717) is 26.1 Å². The van der Waals surface area contributed by atoms with Crippen molar-refractivity contribution in [1.29, 1.82) is 0 Å². The van der Waals surface area contributed by atoms with Crippen LogP contribution in [0.25, 0.3) is 10.6 Å². The number of amides is 2. The first-order valence-electron chi connectivity index (χ1n) is 11.4. The van der Waals surface area contributed by atoms with E-state index in [1.807, 2.05) is 77.4 Å². The smallest absolute Gasteiger partial charge is 0.410 e. The highest BCUT2D eigenvalue weighted by Crippen LogP contribution is 2.31. The SMILES string of the molecule is Cc1sc(-c2ccccc2)nc1CC(=O)N1CCC(N2CC(c3ccccc3)OC2=O)CC1. The largest absolute Gasteiger partial charge is 0.439 e. The fourth-order valence-electron chi connectivity index (χ4n) is 4.60. The minimum atomic E-state index is -0.250. The highest BCUT2D eigenvalue weighted by atomic mass is 32.1. The molecule has 1 atom stereocenters. The van der Waals surface area contributed by atoms with Crippen LogP contribution >= 0.6 is 11.3 Å². The number of likely N-dealkylation sites (tertiary alicyclic amines) is 1. The minimum absolute atomic E-state index is 0.104. The van der Waals surface area contributed by atoms with E-state index in [1.165, 1.54) is 0 Å². The van der Waals surface area contributed by atoms with Crippen LogP contribution in [-0.4, -0.2) is 52.5 Å². The maximum Gasteiger partial charge on any atom is 0.410 e. The number of aromatic nitrogens is 1. The van der Waals surface area contributed by atoms with Crippen LogP contribution in [0.4, 0.5) is 4.79 Å². The number of nitrogens with zero attached hydrogens (tertiary/aromatic N) is 3. The molecule has 2 aliphatic heterocycles. The third-order valence-corrected chi connectivity index (χ3v) is 7.56. The van der Waals surface area contributed by atoms with Crippen molar-refractivity contribution < 1.29 is 14.3 Å². The number of hydrogen-bond donors (Lipinski definition) is 0. The Balaban J connectivity index is 1.17. The monoisotopic (exact) mass is 461 g/mol. The van der Waals surface area contributed by atoms with Crippen LogP contribution in [0.1, 0.15) is 35.1 Å². The van der Waals surface area contributed by atoms with Gasteiger partial charge in [0.05, 0.1) is 18.7 Å². The van der Waals surface area contributed by atoms with E-state index in [2.05, 4.69) is 0 Å². The van der Waals surface area contributed by atoms with E-state index in [1.54, 1.807) is 11.3 Å². The Labute approximate surface area is 197 Å². The van der Waals surface area contributed by atoms with Gasteiger partial charge in [0.2, 0.25) is 5.91 Å². The fourth-order valence-corrected chi connectivity index (χ4v) is 5.53. The standard InChI is InChI=1S/C26H27N3O3S/c1-18-22(27-25(33-18)20-10-6-3-7-11-20)16-24(30)28-14-12-21(13-15-28)29-17-23(32-26(29)31)19-8-4-2-5-9-19/h2-11,21,23H,12-17H2,1H3. The summed E-state index contributed by atoms with van der Waals surface area (Å²) < 4.78 is 5.62. The van der Waals surface area contributed by atoms with Gasteiger partial charge < -0.3 is 14.5 Å². The van der Waals surface area contributed by atoms with Gasteiger partial charge in [0.25, 0.3) is 0 Å². The van der Waals surface area contributed by atoms with E-state index in [9.17, 15) is 9.59 Å². The molecule has 1 unspecified atom stereocenters. The molecule has 0 aliphatic carbocycles. The minimum Gasteiger partial charge on any atom is -0.439 e. The molecule has 0 N–H and O–H groups in total. The molecule has 33 heavy (non-hydrogen) atoms. The van der Waals surface area contributed by atoms with Gasteiger partial charge in [0.15, 0.2) is 0 Å². The molecule has 0 saturated carbocycles. The van der Waals surface area contributed by atoms with Crippen LogP contribution < -0.4 is 0 Å². The molecule has 3 heterocycles. The van der Waals surface area contributed by atoms with Crippen LogP contribution in [0, 0.1) is 6.92 Å². The molecule has 3 aromatic rings. The Bertz CT molecular complexity index is 1120. The molecule has 0 radical (unpaired) electrons. The van der Waals surface area contributed by atoms with Crippen molar-refractivity contribution in [3.63, 3.8) is 0 Å². The Morgan fingerprint density at radius 1 is 1.06 bits per heavy atom. The van der Waals surface area contributed by atoms with E-state index in [0.717, 1.165) is 39.5 Å². The summed E-state index contributed by atoms with van der Waals surface area (Å²) >= 11 is 1.63. The maximum atomic E-state index is 13.0. The topological polar surface area (TPSA) is 62.7 Å². The Morgan fingerprint density at radius 3 is 2.42 bits per heavy atom. The van der Waals surface area contributed by atoms with Gasteiger partial charge in [-0.15, -0.1) is 11.3 Å². The lowest BCUT2D eigenvalue weighted by atomic mass is 10.0. The van der Waals surface area contributed by atoms with Crippen LogP contribution in [-0.2, 0) is 16.0 Å². The average molecular weight is 462 g/mol. The van der Waals surface area contributed by atoms with Crippen LogP contribution in [0.3, 0.4) is 0 Å². The number of thiazole rings is 1. The second-order valence-electron chi connectivity index (χ2n) is 8.61. The molecule has 0 spiro atoms. The molecular formula is C26H27N3O3S. The first kappa shape index (κ1) is 21.6. The van der Waals surface area contributed by atoms with Crippen LogP contribution in [0.2, 0.25) is 0 Å². The predicted octanol–water partition coefficient (Wildman–Crippen LogP) is 4.85. The summed E-state index contributed by atoms with van der Waals surface area (Å²) in [7, 11) is 0. The second kappa shape index (κ2) is 9.35. The summed E-state index contributed by atoms with van der Waals surface area (Å²) in [5.41, 5.74) is 2.96. The fraction of sp³-hybridized carbons (Fsp3) is 0.346. The van der Waals surface area contributed by atoms with Gasteiger partial charge in [0, 0.05) is 29.6 Å². The summed E-state index contributed by atoms with van der Waals surface area (Å²) in [6.07, 6.45) is 1.40. The van der Waals surface area contributed by atoms with Crippen molar-refractivity contribution in [2.24, 2.45) is 0 Å². The van der Waals surface area contributed by atoms with Gasteiger partial charge in [-0.05, 0) is 25.3 Å². The van der Waals surface area contributed by atoms with Crippen molar-refractivity contribution in [1.82, 2.24) is 14.8 Å². The normalized spacial score (nSPS) is 19.1. The predicted molar refractivity (Wildman–Crippen MR) is 128 cm³/mol. The van der Waals surface area contributed by atoms with Crippen molar-refractivity contribution in [2.45, 2.75) is 38.3 Å². The van der Waals surface area contributed by atoms with Gasteiger partial charge in [-0.25, -0.2) is 9.78 Å². The van der Waals surface area contributed by atoms with E-state index >= 15 is 0 Å². The molecule has 2 saturated heterocycles. The Hall–Kier alpha value is -3.19. The van der Waals surface area contributed by atoms with Crippen LogP contribution in [0.15, 0.2) is 60.7 Å². The molecule has 2 aliphatic rings. The first-order chi connectivity index (χ1) is 16.1. The number of carbonyl (C=O) groups is 2. The molecule has 2 fully saturated rings. The molecule has 5 rings (SSSR count). The van der Waals surface area contributed by atoms with Gasteiger partial charge in [0.1, 0.15) is 11.1 Å². The van der Waals surface area contributed by atoms with Crippen molar-refractivity contribution in [3.8, 4) is 10.6 Å². The van der Waals surface area contributed by atoms with E-state index in [4.69, 9.17) is 9.72 Å². The lowest BCUT2D eigenvalue weighted by Gasteiger charge is -2.35. The third-order valence-electron chi connectivity index (χ3n) is 6.50. The zero-order valence-corrected chi connectivity index (χ0v) is 19.5. The maximum absolute atomic E-state index is 13.0. The Kier molecular flexibility index (Phi) is 6.13. The van der Waals surface area contributed by atoms with E-state index in [-0.39, 0.29) is 24.1 Å². The number of ether oxygens (including phenoxy) is 1. The number of benzene rings is 2. The highest BCUT2D eigenvalue weighted by Gasteiger charge is 2.38. The summed E-state index contributed by atoms with van der Waals surface area (Å²) in [6.45, 7) is 3.90. The third kappa shape index (κ3) is 4.64. The molecule has 7 heteroatoms. The van der Waals surface area contributed by atoms with Gasteiger partial charge in [-0.1, -0.05) is 60.7 Å². The molecule has 6 nitrogen and oxygen atoms in total. The first-order valence-corrected chi connectivity index (χ1v) is 12.2. The lowest BCUT2D eigenvalue weighted by molar-refractivity contribution is -0.131. The number of piperidine rings is 1. The molecule has 170 valence electrons. The summed E-state index contributed by atoms with van der Waals surface area (Å²) in [5.74, 6) is 0.104. The second-order valence-corrected chi connectivity index (χ2v) is 9.82. The molecule has 0 bridgehead atoms. The molecule has 2 amide bonds. The van der Waals surface area contributed by atoms with Crippen molar-refractivity contribution in [3.05, 3.63) is 76.8 Å². The quantitative estimate of drug-likeness (QED) is 0.545. The number of hydrogen-bond acceptors (Lipinski definition) is 5. The average Bonchev–Trinajstić information content (AvgIpc) is 3.43. The van der Waals surface area contributed by atoms with E-state index < -0.39 is 0 Å². The summed E-state index contributed by atoms with van der Waals surface area (Å²) in [6, 6.07) is 20.0. The lowest BCUT2D eigenvalue weighted by Crippen LogP contribution is -2.47.